The van der Waals surface area contributed by atoms with Crippen molar-refractivity contribution in [2.75, 3.05) is 19.7 Å². The molecule has 0 unspecified atom stereocenters. The zero-order valence-electron chi connectivity index (χ0n) is 17.8. The van der Waals surface area contributed by atoms with Crippen LogP contribution in [0.5, 0.6) is 5.75 Å². The third-order valence-electron chi connectivity index (χ3n) is 5.38. The van der Waals surface area contributed by atoms with Crippen molar-refractivity contribution in [1.29, 1.82) is 0 Å². The summed E-state index contributed by atoms with van der Waals surface area (Å²) in [4.78, 5) is 13.0. The number of piperidine rings is 1. The van der Waals surface area contributed by atoms with Crippen LogP contribution in [0.2, 0.25) is 0 Å². The molecule has 2 atom stereocenters. The fourth-order valence-corrected chi connectivity index (χ4v) is 5.09. The van der Waals surface area contributed by atoms with E-state index in [2.05, 4.69) is 5.32 Å². The number of sulfonamides is 1. The number of rotatable bonds is 7. The van der Waals surface area contributed by atoms with E-state index in [1.54, 1.807) is 24.3 Å². The number of benzene rings is 2. The first-order valence-corrected chi connectivity index (χ1v) is 11.8. The van der Waals surface area contributed by atoms with Crippen LogP contribution in [0.3, 0.4) is 0 Å². The smallest absolute Gasteiger partial charge is 0.243 e. The highest BCUT2D eigenvalue weighted by molar-refractivity contribution is 7.89. The molecular weight excluding hydrogens is 400 g/mol. The zero-order valence-corrected chi connectivity index (χ0v) is 18.6. The number of carbonyl (C=O) groups is 1. The molecule has 1 aliphatic heterocycles. The number of hydrogen-bond donors (Lipinski definition) is 1. The molecule has 1 saturated heterocycles. The first-order valence-electron chi connectivity index (χ1n) is 10.3. The second-order valence-electron chi connectivity index (χ2n) is 8.00. The monoisotopic (exact) mass is 430 g/mol. The van der Waals surface area contributed by atoms with Crippen molar-refractivity contribution in [2.45, 2.75) is 44.6 Å². The number of para-hydroxylation sites is 1. The van der Waals surface area contributed by atoms with E-state index in [0.717, 1.165) is 16.9 Å². The van der Waals surface area contributed by atoms with E-state index in [1.807, 2.05) is 45.0 Å². The number of aryl methyl sites for hydroxylation is 2. The molecule has 1 aliphatic rings. The van der Waals surface area contributed by atoms with Gasteiger partial charge in [0.05, 0.1) is 16.9 Å². The van der Waals surface area contributed by atoms with Gasteiger partial charge in [-0.1, -0.05) is 35.9 Å². The van der Waals surface area contributed by atoms with Crippen LogP contribution in [0.4, 0.5) is 0 Å². The largest absolute Gasteiger partial charge is 0.491 e. The predicted molar refractivity (Wildman–Crippen MR) is 117 cm³/mol. The minimum Gasteiger partial charge on any atom is -0.491 e. The summed E-state index contributed by atoms with van der Waals surface area (Å²) in [5, 5.41) is 2.97. The van der Waals surface area contributed by atoms with Gasteiger partial charge in [0.2, 0.25) is 15.9 Å². The fraction of sp³-hybridized carbons (Fsp3) is 0.435. The second kappa shape index (κ2) is 9.62. The molecule has 3 rings (SSSR count). The molecule has 30 heavy (non-hydrogen) atoms. The molecule has 0 bridgehead atoms. The van der Waals surface area contributed by atoms with Gasteiger partial charge in [-0.25, -0.2) is 8.42 Å². The fourth-order valence-electron chi connectivity index (χ4n) is 3.57. The quantitative estimate of drug-likeness (QED) is 0.731. The molecule has 0 saturated carbocycles. The van der Waals surface area contributed by atoms with Crippen molar-refractivity contribution < 1.29 is 17.9 Å². The maximum Gasteiger partial charge on any atom is 0.243 e. The molecule has 1 fully saturated rings. The van der Waals surface area contributed by atoms with Crippen molar-refractivity contribution in [3.8, 4) is 5.75 Å². The second-order valence-corrected chi connectivity index (χ2v) is 9.94. The van der Waals surface area contributed by atoms with Gasteiger partial charge < -0.3 is 10.1 Å². The third kappa shape index (κ3) is 5.40. The standard InChI is InChI=1S/C23H30N2O4S/c1-17-10-12-21(13-11-17)30(27,28)25-14-6-8-20(15-25)23(26)24-19(3)16-29-22-9-5-4-7-18(22)2/h4-5,7,9-13,19-20H,6,8,14-16H2,1-3H3,(H,24,26)/t19-,20-/m0/s1. The lowest BCUT2D eigenvalue weighted by atomic mass is 9.98. The van der Waals surface area contributed by atoms with E-state index in [1.165, 1.54) is 4.31 Å². The van der Waals surface area contributed by atoms with Crippen molar-refractivity contribution in [1.82, 2.24) is 9.62 Å². The van der Waals surface area contributed by atoms with Crippen LogP contribution in [0.1, 0.15) is 30.9 Å². The van der Waals surface area contributed by atoms with Crippen LogP contribution >= 0.6 is 0 Å². The van der Waals surface area contributed by atoms with Gasteiger partial charge in [0, 0.05) is 13.1 Å². The van der Waals surface area contributed by atoms with Gasteiger partial charge in [0.15, 0.2) is 0 Å². The maximum atomic E-state index is 13.0. The summed E-state index contributed by atoms with van der Waals surface area (Å²) in [5.41, 5.74) is 2.05. The summed E-state index contributed by atoms with van der Waals surface area (Å²) in [6.45, 7) is 6.78. The van der Waals surface area contributed by atoms with Gasteiger partial charge in [-0.05, 0) is 57.4 Å². The van der Waals surface area contributed by atoms with Gasteiger partial charge in [-0.15, -0.1) is 0 Å². The van der Waals surface area contributed by atoms with Crippen molar-refractivity contribution >= 4 is 15.9 Å². The van der Waals surface area contributed by atoms with Crippen LogP contribution < -0.4 is 10.1 Å². The van der Waals surface area contributed by atoms with Crippen LogP contribution in [-0.2, 0) is 14.8 Å². The SMILES string of the molecule is Cc1ccc(S(=O)(=O)N2CCC[C@H](C(=O)N[C@@H](C)COc3ccccc3C)C2)cc1. The summed E-state index contributed by atoms with van der Waals surface area (Å²) in [5.74, 6) is 0.311. The van der Waals surface area contributed by atoms with Gasteiger partial charge >= 0.3 is 0 Å². The van der Waals surface area contributed by atoms with E-state index < -0.39 is 10.0 Å². The van der Waals surface area contributed by atoms with Crippen LogP contribution in [0.25, 0.3) is 0 Å². The Morgan fingerprint density at radius 1 is 1.17 bits per heavy atom. The molecule has 2 aromatic rings. The van der Waals surface area contributed by atoms with E-state index in [-0.39, 0.29) is 29.3 Å². The van der Waals surface area contributed by atoms with Gasteiger partial charge in [-0.2, -0.15) is 4.31 Å². The molecule has 162 valence electrons. The molecule has 0 aromatic heterocycles. The van der Waals surface area contributed by atoms with E-state index in [0.29, 0.717) is 26.0 Å². The number of nitrogens with one attached hydrogen (secondary N) is 1. The number of amides is 1. The lowest BCUT2D eigenvalue weighted by molar-refractivity contribution is -0.126. The first kappa shape index (κ1) is 22.3. The summed E-state index contributed by atoms with van der Waals surface area (Å²) < 4.78 is 33.1. The highest BCUT2D eigenvalue weighted by Crippen LogP contribution is 2.24. The Morgan fingerprint density at radius 3 is 2.57 bits per heavy atom. The van der Waals surface area contributed by atoms with E-state index in [9.17, 15) is 13.2 Å². The summed E-state index contributed by atoms with van der Waals surface area (Å²) in [6, 6.07) is 14.4. The predicted octanol–water partition coefficient (Wildman–Crippen LogP) is 3.29. The lowest BCUT2D eigenvalue weighted by Gasteiger charge is -2.32. The molecule has 0 radical (unpaired) electrons. The Hall–Kier alpha value is -2.38. The zero-order chi connectivity index (χ0) is 21.7. The molecule has 7 heteroatoms. The topological polar surface area (TPSA) is 75.7 Å². The lowest BCUT2D eigenvalue weighted by Crippen LogP contribution is -2.48. The van der Waals surface area contributed by atoms with Crippen LogP contribution in [0.15, 0.2) is 53.4 Å². The summed E-state index contributed by atoms with van der Waals surface area (Å²) in [7, 11) is -3.60. The van der Waals surface area contributed by atoms with Gasteiger partial charge in [0.1, 0.15) is 12.4 Å². The molecular formula is C23H30N2O4S. The van der Waals surface area contributed by atoms with E-state index in [4.69, 9.17) is 4.74 Å². The average Bonchev–Trinajstić information content (AvgIpc) is 2.73. The normalized spacial score (nSPS) is 18.6. The third-order valence-corrected chi connectivity index (χ3v) is 7.26. The van der Waals surface area contributed by atoms with Crippen molar-refractivity contribution in [2.24, 2.45) is 5.92 Å². The molecule has 1 N–H and O–H groups in total. The molecule has 0 aliphatic carbocycles. The summed E-state index contributed by atoms with van der Waals surface area (Å²) in [6.07, 6.45) is 1.34. The minimum atomic E-state index is -3.60. The maximum absolute atomic E-state index is 13.0. The molecule has 1 amide bonds. The van der Waals surface area contributed by atoms with Crippen molar-refractivity contribution in [3.05, 3.63) is 59.7 Å². The molecule has 1 heterocycles. The highest BCUT2D eigenvalue weighted by Gasteiger charge is 2.33. The van der Waals surface area contributed by atoms with Crippen LogP contribution in [-0.4, -0.2) is 44.4 Å². The average molecular weight is 431 g/mol. The number of nitrogens with zero attached hydrogens (tertiary/aromatic N) is 1. The number of hydrogen-bond acceptors (Lipinski definition) is 4. The Labute approximate surface area is 179 Å². The number of carbonyl (C=O) groups excluding carboxylic acids is 1. The Kier molecular flexibility index (Phi) is 7.15. The van der Waals surface area contributed by atoms with E-state index >= 15 is 0 Å². The van der Waals surface area contributed by atoms with Gasteiger partial charge in [-0.3, -0.25) is 4.79 Å². The number of ether oxygens (including phenoxy) is 1. The van der Waals surface area contributed by atoms with Gasteiger partial charge in [0.25, 0.3) is 0 Å². The van der Waals surface area contributed by atoms with Crippen molar-refractivity contribution in [3.63, 3.8) is 0 Å². The minimum absolute atomic E-state index is 0.125. The molecule has 2 aromatic carbocycles. The summed E-state index contributed by atoms with van der Waals surface area (Å²) >= 11 is 0. The molecule has 6 nitrogen and oxygen atoms in total. The highest BCUT2D eigenvalue weighted by atomic mass is 32.2. The van der Waals surface area contributed by atoms with Crippen LogP contribution in [0, 0.1) is 19.8 Å². The first-order chi connectivity index (χ1) is 14.3. The Morgan fingerprint density at radius 2 is 1.87 bits per heavy atom. The Bertz CT molecular complexity index is 973. The molecule has 0 spiro atoms. The Balaban J connectivity index is 1.57.